The summed E-state index contributed by atoms with van der Waals surface area (Å²) in [6.45, 7) is 0. The first-order chi connectivity index (χ1) is 6.18. The molecule has 0 saturated carbocycles. The minimum atomic E-state index is -1.09. The molecular formula is C7H6N4O2. The number of carbonyl (C=O) groups is 1. The normalized spacial score (nSPS) is 10.5. The van der Waals surface area contributed by atoms with Gasteiger partial charge >= 0.3 is 5.97 Å². The van der Waals surface area contributed by atoms with Gasteiger partial charge in [0.2, 0.25) is 0 Å². The Labute approximate surface area is 72.6 Å². The number of nitrogens with two attached hydrogens (primary N) is 1. The topological polar surface area (TPSA) is 93.5 Å². The summed E-state index contributed by atoms with van der Waals surface area (Å²) in [4.78, 5) is 18.1. The average molecular weight is 178 g/mol. The molecule has 0 unspecified atom stereocenters. The number of hydrogen-bond donors (Lipinski definition) is 2. The Morgan fingerprint density at radius 3 is 2.92 bits per heavy atom. The zero-order valence-electron chi connectivity index (χ0n) is 6.51. The molecule has 2 rings (SSSR count). The lowest BCUT2D eigenvalue weighted by Gasteiger charge is -1.96. The molecule has 0 atom stereocenters. The number of aromatic carboxylic acids is 1. The van der Waals surface area contributed by atoms with E-state index in [0.29, 0.717) is 11.5 Å². The maximum Gasteiger partial charge on any atom is 0.356 e. The van der Waals surface area contributed by atoms with Crippen LogP contribution in [0.5, 0.6) is 0 Å². The number of aromatic nitrogens is 3. The number of imidazole rings is 1. The molecule has 2 aromatic heterocycles. The molecule has 0 aliphatic heterocycles. The van der Waals surface area contributed by atoms with Crippen LogP contribution in [0.1, 0.15) is 10.5 Å². The minimum Gasteiger partial charge on any atom is -0.476 e. The molecule has 66 valence electrons. The molecule has 3 N–H and O–H groups in total. The van der Waals surface area contributed by atoms with E-state index in [9.17, 15) is 4.79 Å². The lowest BCUT2D eigenvalue weighted by atomic mass is 10.4. The third kappa shape index (κ3) is 1.08. The highest BCUT2D eigenvalue weighted by molar-refractivity contribution is 5.85. The molecule has 0 radical (unpaired) electrons. The van der Waals surface area contributed by atoms with E-state index >= 15 is 0 Å². The highest BCUT2D eigenvalue weighted by Gasteiger charge is 2.06. The van der Waals surface area contributed by atoms with Crippen LogP contribution < -0.4 is 5.73 Å². The summed E-state index contributed by atoms with van der Waals surface area (Å²) in [5, 5.41) is 8.64. The van der Waals surface area contributed by atoms with E-state index in [4.69, 9.17) is 10.8 Å². The molecule has 0 bridgehead atoms. The van der Waals surface area contributed by atoms with Gasteiger partial charge in [-0.15, -0.1) is 0 Å². The van der Waals surface area contributed by atoms with E-state index in [1.54, 1.807) is 0 Å². The SMILES string of the molecule is Nc1cnc2cnc(C(=O)O)cn12. The van der Waals surface area contributed by atoms with Gasteiger partial charge in [-0.05, 0) is 0 Å². The Morgan fingerprint density at radius 1 is 1.46 bits per heavy atom. The maximum atomic E-state index is 10.5. The molecule has 13 heavy (non-hydrogen) atoms. The highest BCUT2D eigenvalue weighted by atomic mass is 16.4. The number of rotatable bonds is 1. The van der Waals surface area contributed by atoms with Crippen LogP contribution in [0.2, 0.25) is 0 Å². The second kappa shape index (κ2) is 2.44. The fourth-order valence-corrected chi connectivity index (χ4v) is 1.02. The predicted molar refractivity (Wildman–Crippen MR) is 44.4 cm³/mol. The zero-order chi connectivity index (χ0) is 9.42. The summed E-state index contributed by atoms with van der Waals surface area (Å²) in [5.41, 5.74) is 6.00. The van der Waals surface area contributed by atoms with Crippen molar-refractivity contribution in [2.24, 2.45) is 0 Å². The largest absolute Gasteiger partial charge is 0.476 e. The van der Waals surface area contributed by atoms with Gasteiger partial charge in [0.05, 0.1) is 12.4 Å². The summed E-state index contributed by atoms with van der Waals surface area (Å²) in [5.74, 6) is -0.699. The first kappa shape index (κ1) is 7.53. The molecule has 0 fully saturated rings. The number of carboxylic acid groups (broad SMARTS) is 1. The van der Waals surface area contributed by atoms with Gasteiger partial charge in [0.15, 0.2) is 11.3 Å². The van der Waals surface area contributed by atoms with Gasteiger partial charge in [0, 0.05) is 6.20 Å². The van der Waals surface area contributed by atoms with Crippen molar-refractivity contribution in [2.75, 3.05) is 5.73 Å². The summed E-state index contributed by atoms with van der Waals surface area (Å²) in [6.07, 6.45) is 4.14. The van der Waals surface area contributed by atoms with Crippen molar-refractivity contribution < 1.29 is 9.90 Å². The predicted octanol–water partition coefficient (Wildman–Crippen LogP) is 0.00970. The Hall–Kier alpha value is -2.11. The zero-order valence-corrected chi connectivity index (χ0v) is 6.51. The number of hydrogen-bond acceptors (Lipinski definition) is 4. The molecule has 0 aromatic carbocycles. The van der Waals surface area contributed by atoms with Crippen molar-refractivity contribution in [3.63, 3.8) is 0 Å². The summed E-state index contributed by atoms with van der Waals surface area (Å²) in [7, 11) is 0. The molecule has 6 heteroatoms. The molecule has 2 heterocycles. The Balaban J connectivity index is 2.72. The quantitative estimate of drug-likeness (QED) is 0.641. The van der Waals surface area contributed by atoms with E-state index in [1.807, 2.05) is 0 Å². The molecule has 6 nitrogen and oxygen atoms in total. The third-order valence-electron chi connectivity index (χ3n) is 1.64. The lowest BCUT2D eigenvalue weighted by Crippen LogP contribution is -2.03. The first-order valence-corrected chi connectivity index (χ1v) is 3.50. The number of carboxylic acids is 1. The van der Waals surface area contributed by atoms with Crippen molar-refractivity contribution in [3.05, 3.63) is 24.3 Å². The second-order valence-electron chi connectivity index (χ2n) is 2.49. The molecule has 2 aromatic rings. The smallest absolute Gasteiger partial charge is 0.356 e. The standard InChI is InChI=1S/C7H6N4O2/c8-5-1-10-6-2-9-4(7(12)13)3-11(5)6/h1-3H,8H2,(H,12,13). The Kier molecular flexibility index (Phi) is 1.42. The molecular weight excluding hydrogens is 172 g/mol. The van der Waals surface area contributed by atoms with Crippen LogP contribution >= 0.6 is 0 Å². The molecule has 0 aliphatic rings. The van der Waals surface area contributed by atoms with Crippen molar-refractivity contribution in [3.8, 4) is 0 Å². The Morgan fingerprint density at radius 2 is 2.23 bits per heavy atom. The van der Waals surface area contributed by atoms with E-state index < -0.39 is 5.97 Å². The highest BCUT2D eigenvalue weighted by Crippen LogP contribution is 2.07. The van der Waals surface area contributed by atoms with Crippen LogP contribution in [0.15, 0.2) is 18.6 Å². The fourth-order valence-electron chi connectivity index (χ4n) is 1.02. The minimum absolute atomic E-state index is 0.0581. The van der Waals surface area contributed by atoms with E-state index in [-0.39, 0.29) is 5.69 Å². The van der Waals surface area contributed by atoms with Crippen molar-refractivity contribution >= 4 is 17.4 Å². The van der Waals surface area contributed by atoms with Gasteiger partial charge in [-0.25, -0.2) is 14.8 Å². The maximum absolute atomic E-state index is 10.5. The monoisotopic (exact) mass is 178 g/mol. The van der Waals surface area contributed by atoms with Crippen molar-refractivity contribution in [1.82, 2.24) is 14.4 Å². The van der Waals surface area contributed by atoms with Crippen molar-refractivity contribution in [2.45, 2.75) is 0 Å². The van der Waals surface area contributed by atoms with Crippen LogP contribution in [-0.2, 0) is 0 Å². The molecule has 0 aliphatic carbocycles. The van der Waals surface area contributed by atoms with E-state index in [2.05, 4.69) is 9.97 Å². The summed E-state index contributed by atoms with van der Waals surface area (Å²) in [6, 6.07) is 0. The molecule has 0 amide bonds. The first-order valence-electron chi connectivity index (χ1n) is 3.50. The van der Waals surface area contributed by atoms with Gasteiger partial charge < -0.3 is 10.8 Å². The summed E-state index contributed by atoms with van der Waals surface area (Å²) >= 11 is 0. The number of fused-ring (bicyclic) bond motifs is 1. The van der Waals surface area contributed by atoms with Gasteiger partial charge in [0.1, 0.15) is 5.82 Å². The van der Waals surface area contributed by atoms with Crippen LogP contribution in [0.3, 0.4) is 0 Å². The van der Waals surface area contributed by atoms with Gasteiger partial charge in [-0.2, -0.15) is 0 Å². The van der Waals surface area contributed by atoms with Crippen molar-refractivity contribution in [1.29, 1.82) is 0 Å². The van der Waals surface area contributed by atoms with Crippen LogP contribution in [0.4, 0.5) is 5.82 Å². The van der Waals surface area contributed by atoms with Gasteiger partial charge in [0.25, 0.3) is 0 Å². The van der Waals surface area contributed by atoms with Gasteiger partial charge in [-0.1, -0.05) is 0 Å². The van der Waals surface area contributed by atoms with Crippen LogP contribution in [0.25, 0.3) is 5.65 Å². The second-order valence-corrected chi connectivity index (χ2v) is 2.49. The van der Waals surface area contributed by atoms with Crippen LogP contribution in [-0.4, -0.2) is 25.4 Å². The fraction of sp³-hybridized carbons (Fsp3) is 0. The van der Waals surface area contributed by atoms with Gasteiger partial charge in [-0.3, -0.25) is 4.40 Å². The van der Waals surface area contributed by atoms with E-state index in [1.165, 1.54) is 23.0 Å². The van der Waals surface area contributed by atoms with E-state index in [0.717, 1.165) is 0 Å². The molecule has 0 saturated heterocycles. The number of nitrogen functional groups attached to an aromatic ring is 1. The summed E-state index contributed by atoms with van der Waals surface area (Å²) < 4.78 is 1.47. The lowest BCUT2D eigenvalue weighted by molar-refractivity contribution is 0.0690. The number of nitrogens with zero attached hydrogens (tertiary/aromatic N) is 3. The number of anilines is 1. The molecule has 0 spiro atoms. The third-order valence-corrected chi connectivity index (χ3v) is 1.64. The Bertz CT molecular complexity index is 476. The van der Waals surface area contributed by atoms with Crippen LogP contribution in [0, 0.1) is 0 Å². The average Bonchev–Trinajstić information content (AvgIpc) is 2.47.